The fraction of sp³-hybridized carbons (Fsp3) is 0.550. The average molecular weight is 358 g/mol. The Balaban J connectivity index is 1.88. The molecule has 142 valence electrons. The Kier molecular flexibility index (Phi) is 5.14. The summed E-state index contributed by atoms with van der Waals surface area (Å²) in [6, 6.07) is 4.07. The lowest BCUT2D eigenvalue weighted by atomic mass is 9.79. The van der Waals surface area contributed by atoms with Gasteiger partial charge in [-0.05, 0) is 42.0 Å². The summed E-state index contributed by atoms with van der Waals surface area (Å²) in [5.41, 5.74) is 16.0. The van der Waals surface area contributed by atoms with Crippen molar-refractivity contribution in [1.29, 1.82) is 0 Å². The Hall–Kier alpha value is -2.21. The van der Waals surface area contributed by atoms with Crippen LogP contribution in [0.5, 0.6) is 11.5 Å². The summed E-state index contributed by atoms with van der Waals surface area (Å²) in [5.74, 6) is 1.92. The molecule has 0 amide bonds. The minimum Gasteiger partial charge on any atom is -0.493 e. The van der Waals surface area contributed by atoms with Crippen molar-refractivity contribution in [2.45, 2.75) is 51.2 Å². The highest BCUT2D eigenvalue weighted by Gasteiger charge is 2.40. The standard InChI is InChI=1S/C20H30N4O2/c1-12(2)16-10-18(26-4)17(25-3)9-13(16)8-14-11-23-20(22,24-19(14)21)15-6-5-7-15/h9-12,15,23H,5-8,22H2,1-4H3,(H2,21,24). The number of nitrogens with zero attached hydrogens (tertiary/aromatic N) is 1. The van der Waals surface area contributed by atoms with Gasteiger partial charge in [0.05, 0.1) is 14.2 Å². The van der Waals surface area contributed by atoms with E-state index in [1.807, 2.05) is 18.3 Å². The summed E-state index contributed by atoms with van der Waals surface area (Å²) in [6.45, 7) is 4.33. The molecule has 0 bridgehead atoms. The van der Waals surface area contributed by atoms with Crippen LogP contribution in [-0.2, 0) is 6.42 Å². The maximum atomic E-state index is 6.41. The number of hydrogen-bond acceptors (Lipinski definition) is 6. The first kappa shape index (κ1) is 18.6. The van der Waals surface area contributed by atoms with E-state index in [2.05, 4.69) is 24.2 Å². The highest BCUT2D eigenvalue weighted by atomic mass is 16.5. The van der Waals surface area contributed by atoms with Crippen molar-refractivity contribution in [3.8, 4) is 11.5 Å². The van der Waals surface area contributed by atoms with Gasteiger partial charge in [0.2, 0.25) is 0 Å². The van der Waals surface area contributed by atoms with E-state index in [1.54, 1.807) is 14.2 Å². The van der Waals surface area contributed by atoms with E-state index in [1.165, 1.54) is 12.0 Å². The fourth-order valence-electron chi connectivity index (χ4n) is 3.61. The number of nitrogens with two attached hydrogens (primary N) is 2. The van der Waals surface area contributed by atoms with Crippen molar-refractivity contribution >= 4 is 5.84 Å². The van der Waals surface area contributed by atoms with Crippen molar-refractivity contribution in [1.82, 2.24) is 5.32 Å². The number of hydrogen-bond donors (Lipinski definition) is 3. The van der Waals surface area contributed by atoms with Gasteiger partial charge in [0, 0.05) is 24.1 Å². The maximum Gasteiger partial charge on any atom is 0.187 e. The number of rotatable bonds is 6. The predicted octanol–water partition coefficient (Wildman–Crippen LogP) is 2.63. The van der Waals surface area contributed by atoms with Crippen molar-refractivity contribution in [3.05, 3.63) is 35.0 Å². The van der Waals surface area contributed by atoms with Crippen molar-refractivity contribution in [3.63, 3.8) is 0 Å². The van der Waals surface area contributed by atoms with Gasteiger partial charge in [-0.25, -0.2) is 4.99 Å². The van der Waals surface area contributed by atoms with Crippen molar-refractivity contribution in [2.75, 3.05) is 14.2 Å². The molecule has 1 fully saturated rings. The third kappa shape index (κ3) is 3.38. The van der Waals surface area contributed by atoms with Crippen LogP contribution >= 0.6 is 0 Å². The molecule has 2 aliphatic rings. The maximum absolute atomic E-state index is 6.41. The minimum absolute atomic E-state index is 0.351. The second-order valence-electron chi connectivity index (χ2n) is 7.50. The summed E-state index contributed by atoms with van der Waals surface area (Å²) in [6.07, 6.45) is 5.99. The van der Waals surface area contributed by atoms with E-state index in [0.29, 0.717) is 24.1 Å². The summed E-state index contributed by atoms with van der Waals surface area (Å²) >= 11 is 0. The molecule has 5 N–H and O–H groups in total. The minimum atomic E-state index is -0.760. The Bertz CT molecular complexity index is 738. The molecule has 0 saturated heterocycles. The summed E-state index contributed by atoms with van der Waals surface area (Å²) in [7, 11) is 3.30. The van der Waals surface area contributed by atoms with Gasteiger partial charge in [0.25, 0.3) is 0 Å². The topological polar surface area (TPSA) is 94.9 Å². The average Bonchev–Trinajstić information content (AvgIpc) is 2.54. The molecule has 6 heteroatoms. The number of nitrogens with one attached hydrogen (secondary N) is 1. The molecule has 0 aromatic heterocycles. The third-order valence-corrected chi connectivity index (χ3v) is 5.49. The molecule has 6 nitrogen and oxygen atoms in total. The zero-order valence-corrected chi connectivity index (χ0v) is 16.1. The Morgan fingerprint density at radius 1 is 1.23 bits per heavy atom. The molecular weight excluding hydrogens is 328 g/mol. The highest BCUT2D eigenvalue weighted by molar-refractivity contribution is 5.98. The zero-order valence-electron chi connectivity index (χ0n) is 16.1. The summed E-state index contributed by atoms with van der Waals surface area (Å²) < 4.78 is 10.9. The van der Waals surface area contributed by atoms with Crippen LogP contribution in [0.15, 0.2) is 28.9 Å². The van der Waals surface area contributed by atoms with Gasteiger partial charge in [0.15, 0.2) is 17.3 Å². The van der Waals surface area contributed by atoms with Gasteiger partial charge >= 0.3 is 0 Å². The van der Waals surface area contributed by atoms with Crippen LogP contribution in [0.3, 0.4) is 0 Å². The summed E-state index contributed by atoms with van der Waals surface area (Å²) in [5, 5.41) is 3.29. The van der Waals surface area contributed by atoms with Gasteiger partial charge in [-0.15, -0.1) is 0 Å². The number of benzene rings is 1. The molecule has 1 unspecified atom stereocenters. The lowest BCUT2D eigenvalue weighted by Gasteiger charge is -2.41. The van der Waals surface area contributed by atoms with Crippen LogP contribution in [0.25, 0.3) is 0 Å². The van der Waals surface area contributed by atoms with E-state index in [4.69, 9.17) is 20.9 Å². The van der Waals surface area contributed by atoms with Gasteiger partial charge < -0.3 is 20.5 Å². The van der Waals surface area contributed by atoms with E-state index in [-0.39, 0.29) is 0 Å². The molecule has 1 aromatic carbocycles. The normalized spacial score (nSPS) is 23.0. The van der Waals surface area contributed by atoms with Gasteiger partial charge in [-0.2, -0.15) is 0 Å². The fourth-order valence-corrected chi connectivity index (χ4v) is 3.61. The second-order valence-corrected chi connectivity index (χ2v) is 7.50. The summed E-state index contributed by atoms with van der Waals surface area (Å²) in [4.78, 5) is 4.60. The lowest BCUT2D eigenvalue weighted by Crippen LogP contribution is -2.60. The van der Waals surface area contributed by atoms with E-state index < -0.39 is 5.79 Å². The molecule has 3 rings (SSSR count). The van der Waals surface area contributed by atoms with Crippen LogP contribution in [0, 0.1) is 5.92 Å². The molecule has 1 aromatic rings. The van der Waals surface area contributed by atoms with Gasteiger partial charge in [-0.3, -0.25) is 5.73 Å². The molecule has 0 spiro atoms. The lowest BCUT2D eigenvalue weighted by molar-refractivity contribution is 0.151. The number of amidine groups is 1. The Labute approximate surface area is 155 Å². The van der Waals surface area contributed by atoms with E-state index in [9.17, 15) is 0 Å². The van der Waals surface area contributed by atoms with E-state index in [0.717, 1.165) is 35.5 Å². The first-order valence-corrected chi connectivity index (χ1v) is 9.24. The molecule has 1 aliphatic heterocycles. The first-order chi connectivity index (χ1) is 12.4. The molecule has 26 heavy (non-hydrogen) atoms. The molecule has 1 atom stereocenters. The number of methoxy groups -OCH3 is 2. The SMILES string of the molecule is COc1cc(CC2=CNC(N)(C3CCC3)N=C2N)c(C(C)C)cc1OC. The van der Waals surface area contributed by atoms with Crippen LogP contribution in [0.4, 0.5) is 0 Å². The predicted molar refractivity (Wildman–Crippen MR) is 104 cm³/mol. The number of ether oxygens (including phenoxy) is 2. The molecule has 0 radical (unpaired) electrons. The monoisotopic (exact) mass is 358 g/mol. The van der Waals surface area contributed by atoms with Crippen molar-refractivity contribution < 1.29 is 9.47 Å². The van der Waals surface area contributed by atoms with Crippen LogP contribution in [0.2, 0.25) is 0 Å². The van der Waals surface area contributed by atoms with Crippen LogP contribution in [-0.4, -0.2) is 25.8 Å². The Morgan fingerprint density at radius 3 is 2.38 bits per heavy atom. The van der Waals surface area contributed by atoms with Gasteiger partial charge in [0.1, 0.15) is 5.84 Å². The third-order valence-electron chi connectivity index (χ3n) is 5.49. The first-order valence-electron chi connectivity index (χ1n) is 9.24. The largest absolute Gasteiger partial charge is 0.493 e. The van der Waals surface area contributed by atoms with Crippen molar-refractivity contribution in [2.24, 2.45) is 22.4 Å². The van der Waals surface area contributed by atoms with Crippen LogP contribution in [0.1, 0.15) is 50.2 Å². The van der Waals surface area contributed by atoms with E-state index >= 15 is 0 Å². The second kappa shape index (κ2) is 7.19. The van der Waals surface area contributed by atoms with Crippen LogP contribution < -0.4 is 26.3 Å². The molecule has 1 heterocycles. The molecular formula is C20H30N4O2. The smallest absolute Gasteiger partial charge is 0.187 e. The Morgan fingerprint density at radius 2 is 1.88 bits per heavy atom. The highest BCUT2D eigenvalue weighted by Crippen LogP contribution is 2.37. The van der Waals surface area contributed by atoms with Gasteiger partial charge in [-0.1, -0.05) is 20.3 Å². The molecule has 1 aliphatic carbocycles. The number of aliphatic imine (C=N–C) groups is 1. The quantitative estimate of drug-likeness (QED) is 0.727. The zero-order chi connectivity index (χ0) is 18.9. The molecule has 1 saturated carbocycles.